The molecule has 1 unspecified atom stereocenters. The summed E-state index contributed by atoms with van der Waals surface area (Å²) in [7, 11) is -3.91. The van der Waals surface area contributed by atoms with Gasteiger partial charge in [-0.3, -0.25) is 10.1 Å². The Hall–Kier alpha value is -2.64. The van der Waals surface area contributed by atoms with Gasteiger partial charge in [0.2, 0.25) is 10.0 Å². The van der Waals surface area contributed by atoms with Gasteiger partial charge in [0.15, 0.2) is 5.82 Å². The van der Waals surface area contributed by atoms with Crippen LogP contribution in [-0.2, 0) is 14.8 Å². The normalized spacial score (nSPS) is 16.8. The zero-order valence-electron chi connectivity index (χ0n) is 14.5. The molecule has 1 aromatic heterocycles. The quantitative estimate of drug-likeness (QED) is 0.497. The first-order valence-electron chi connectivity index (χ1n) is 8.23. The molecular weight excluding hydrogens is 378 g/mol. The fraction of sp³-hybridized carbons (Fsp3) is 0.500. The molecule has 0 amide bonds. The summed E-state index contributed by atoms with van der Waals surface area (Å²) in [5.74, 6) is 0.319. The first kappa shape index (κ1) is 19.1. The predicted molar refractivity (Wildman–Crippen MR) is 93.8 cm³/mol. The SMILES string of the molecule is CC(CNc1ccc([N+](=O)[O-])cc1S(=O)(=O)N1CCOCC1)c1nn[nH]n1. The number of nitrogens with one attached hydrogen (secondary N) is 2. The van der Waals surface area contributed by atoms with Crippen molar-refractivity contribution in [3.05, 3.63) is 34.1 Å². The molecule has 2 heterocycles. The highest BCUT2D eigenvalue weighted by Gasteiger charge is 2.30. The van der Waals surface area contributed by atoms with E-state index in [1.807, 2.05) is 6.92 Å². The van der Waals surface area contributed by atoms with Gasteiger partial charge < -0.3 is 10.1 Å². The van der Waals surface area contributed by atoms with Gasteiger partial charge in [0, 0.05) is 37.7 Å². The molecule has 3 rings (SSSR count). The van der Waals surface area contributed by atoms with Gasteiger partial charge in [0.25, 0.3) is 5.69 Å². The third-order valence-electron chi connectivity index (χ3n) is 4.17. The van der Waals surface area contributed by atoms with Gasteiger partial charge in [-0.2, -0.15) is 9.52 Å². The lowest BCUT2D eigenvalue weighted by molar-refractivity contribution is -0.385. The Morgan fingerprint density at radius 1 is 1.41 bits per heavy atom. The lowest BCUT2D eigenvalue weighted by atomic mass is 10.1. The van der Waals surface area contributed by atoms with Crippen LogP contribution in [0.25, 0.3) is 0 Å². The summed E-state index contributed by atoms with van der Waals surface area (Å²) in [6.07, 6.45) is 0. The van der Waals surface area contributed by atoms with Crippen molar-refractivity contribution in [3.63, 3.8) is 0 Å². The van der Waals surface area contributed by atoms with E-state index in [-0.39, 0.29) is 48.5 Å². The maximum absolute atomic E-state index is 13.0. The zero-order valence-corrected chi connectivity index (χ0v) is 15.3. The van der Waals surface area contributed by atoms with Crippen molar-refractivity contribution in [2.45, 2.75) is 17.7 Å². The Morgan fingerprint density at radius 3 is 2.78 bits per heavy atom. The topological polar surface area (TPSA) is 156 Å². The Kier molecular flexibility index (Phi) is 5.62. The summed E-state index contributed by atoms with van der Waals surface area (Å²) < 4.78 is 32.5. The van der Waals surface area contributed by atoms with Gasteiger partial charge in [-0.25, -0.2) is 8.42 Å². The molecule has 2 aromatic rings. The van der Waals surface area contributed by atoms with Crippen LogP contribution in [0.2, 0.25) is 0 Å². The second-order valence-electron chi connectivity index (χ2n) is 6.01. The molecule has 1 atom stereocenters. The molecule has 0 saturated carbocycles. The number of aromatic amines is 1. The number of H-pyrrole nitrogens is 1. The first-order valence-corrected chi connectivity index (χ1v) is 9.67. The number of benzene rings is 1. The third-order valence-corrected chi connectivity index (χ3v) is 6.10. The average Bonchev–Trinajstić information content (AvgIpc) is 3.21. The highest BCUT2D eigenvalue weighted by Crippen LogP contribution is 2.30. The highest BCUT2D eigenvalue weighted by molar-refractivity contribution is 7.89. The summed E-state index contributed by atoms with van der Waals surface area (Å²) in [4.78, 5) is 10.4. The number of rotatable bonds is 7. The number of tetrazole rings is 1. The molecule has 146 valence electrons. The van der Waals surface area contributed by atoms with Crippen LogP contribution in [0.15, 0.2) is 23.1 Å². The number of sulfonamides is 1. The number of anilines is 1. The number of nitro benzene ring substituents is 1. The minimum absolute atomic E-state index is 0.140. The molecular formula is C14H19N7O5S. The minimum Gasteiger partial charge on any atom is -0.383 e. The van der Waals surface area contributed by atoms with E-state index in [1.165, 1.54) is 16.4 Å². The Balaban J connectivity index is 1.89. The van der Waals surface area contributed by atoms with E-state index in [2.05, 4.69) is 25.9 Å². The fourth-order valence-electron chi connectivity index (χ4n) is 2.64. The smallest absolute Gasteiger partial charge is 0.270 e. The van der Waals surface area contributed by atoms with Gasteiger partial charge in [0.05, 0.1) is 23.8 Å². The first-order chi connectivity index (χ1) is 12.9. The fourth-order valence-corrected chi connectivity index (χ4v) is 4.24. The van der Waals surface area contributed by atoms with E-state index in [9.17, 15) is 18.5 Å². The van der Waals surface area contributed by atoms with Crippen molar-refractivity contribution >= 4 is 21.4 Å². The van der Waals surface area contributed by atoms with E-state index in [4.69, 9.17) is 4.74 Å². The third kappa shape index (κ3) is 4.20. The van der Waals surface area contributed by atoms with Crippen molar-refractivity contribution < 1.29 is 18.1 Å². The van der Waals surface area contributed by atoms with Gasteiger partial charge in [-0.1, -0.05) is 12.1 Å². The Bertz CT molecular complexity index is 897. The van der Waals surface area contributed by atoms with Crippen LogP contribution < -0.4 is 5.32 Å². The van der Waals surface area contributed by atoms with Crippen LogP contribution >= 0.6 is 0 Å². The lowest BCUT2D eigenvalue weighted by Gasteiger charge is -2.27. The van der Waals surface area contributed by atoms with Gasteiger partial charge >= 0.3 is 0 Å². The van der Waals surface area contributed by atoms with E-state index in [0.717, 1.165) is 6.07 Å². The maximum Gasteiger partial charge on any atom is 0.270 e. The van der Waals surface area contributed by atoms with Crippen LogP contribution in [0.5, 0.6) is 0 Å². The number of morpholine rings is 1. The molecule has 1 aliphatic rings. The van der Waals surface area contributed by atoms with Crippen LogP contribution in [-0.4, -0.2) is 71.1 Å². The van der Waals surface area contributed by atoms with Crippen LogP contribution in [0, 0.1) is 10.1 Å². The number of aromatic nitrogens is 4. The predicted octanol–water partition coefficient (Wildman–Crippen LogP) is 0.344. The second-order valence-corrected chi connectivity index (χ2v) is 7.91. The van der Waals surface area contributed by atoms with Crippen LogP contribution in [0.4, 0.5) is 11.4 Å². The number of nitrogens with zero attached hydrogens (tertiary/aromatic N) is 5. The second kappa shape index (κ2) is 7.94. The van der Waals surface area contributed by atoms with Crippen molar-refractivity contribution in [3.8, 4) is 0 Å². The minimum atomic E-state index is -3.91. The standard InChI is InChI=1S/C14H19N7O5S/c1-10(14-16-18-19-17-14)9-15-12-3-2-11(21(22)23)8-13(12)27(24,25)20-4-6-26-7-5-20/h2-3,8,10,15H,4-7,9H2,1H3,(H,16,17,18,19). The molecule has 13 heteroatoms. The summed E-state index contributed by atoms with van der Waals surface area (Å²) in [6.45, 7) is 3.13. The molecule has 0 radical (unpaired) electrons. The average molecular weight is 397 g/mol. The van der Waals surface area contributed by atoms with Crippen LogP contribution in [0.3, 0.4) is 0 Å². The van der Waals surface area contributed by atoms with E-state index in [1.54, 1.807) is 0 Å². The molecule has 27 heavy (non-hydrogen) atoms. The number of hydrogen-bond donors (Lipinski definition) is 2. The largest absolute Gasteiger partial charge is 0.383 e. The summed E-state index contributed by atoms with van der Waals surface area (Å²) in [6, 6.07) is 3.74. The van der Waals surface area contributed by atoms with Gasteiger partial charge in [-0.05, 0) is 6.07 Å². The Labute approximate surface area is 155 Å². The highest BCUT2D eigenvalue weighted by atomic mass is 32.2. The molecule has 0 spiro atoms. The Morgan fingerprint density at radius 2 is 2.15 bits per heavy atom. The number of ether oxygens (including phenoxy) is 1. The number of nitro groups is 1. The van der Waals surface area contributed by atoms with E-state index in [0.29, 0.717) is 12.4 Å². The summed E-state index contributed by atoms with van der Waals surface area (Å²) >= 11 is 0. The maximum atomic E-state index is 13.0. The van der Waals surface area contributed by atoms with Crippen LogP contribution in [0.1, 0.15) is 18.7 Å². The molecule has 12 nitrogen and oxygen atoms in total. The molecule has 2 N–H and O–H groups in total. The molecule has 1 fully saturated rings. The zero-order chi connectivity index (χ0) is 19.4. The van der Waals surface area contributed by atoms with Crippen molar-refractivity contribution in [2.75, 3.05) is 38.2 Å². The monoisotopic (exact) mass is 397 g/mol. The number of non-ortho nitro benzene ring substituents is 1. The summed E-state index contributed by atoms with van der Waals surface area (Å²) in [5.41, 5.74) is -0.0129. The van der Waals surface area contributed by atoms with Gasteiger partial charge in [-0.15, -0.1) is 10.2 Å². The van der Waals surface area contributed by atoms with E-state index >= 15 is 0 Å². The molecule has 1 aromatic carbocycles. The van der Waals surface area contributed by atoms with E-state index < -0.39 is 14.9 Å². The van der Waals surface area contributed by atoms with Gasteiger partial charge in [0.1, 0.15) is 4.90 Å². The molecule has 1 saturated heterocycles. The molecule has 0 bridgehead atoms. The van der Waals surface area contributed by atoms with Crippen molar-refractivity contribution in [1.82, 2.24) is 24.9 Å². The molecule has 0 aliphatic carbocycles. The number of hydrogen-bond acceptors (Lipinski definition) is 9. The lowest BCUT2D eigenvalue weighted by Crippen LogP contribution is -2.40. The van der Waals surface area contributed by atoms with Crippen molar-refractivity contribution in [2.24, 2.45) is 0 Å². The van der Waals surface area contributed by atoms with Crippen molar-refractivity contribution in [1.29, 1.82) is 0 Å². The summed E-state index contributed by atoms with van der Waals surface area (Å²) in [5, 5.41) is 27.8. The molecule has 1 aliphatic heterocycles.